The highest BCUT2D eigenvalue weighted by Gasteiger charge is 2.22. The van der Waals surface area contributed by atoms with Gasteiger partial charge in [0, 0.05) is 44.4 Å². The quantitative estimate of drug-likeness (QED) is 0.743. The Morgan fingerprint density at radius 3 is 2.54 bits per heavy atom. The molecular formula is C15H16N6O3. The third-order valence-electron chi connectivity index (χ3n) is 3.70. The number of imidazole rings is 1. The predicted molar refractivity (Wildman–Crippen MR) is 85.2 cm³/mol. The van der Waals surface area contributed by atoms with E-state index in [0.29, 0.717) is 16.8 Å². The molecule has 3 aromatic rings. The fraction of sp³-hybridized carbons (Fsp3) is 0.200. The van der Waals surface area contributed by atoms with Crippen LogP contribution in [0.2, 0.25) is 0 Å². The molecule has 0 saturated heterocycles. The maximum Gasteiger partial charge on any atom is 0.354 e. The largest absolute Gasteiger partial charge is 0.477 e. The van der Waals surface area contributed by atoms with Gasteiger partial charge in [-0.15, -0.1) is 0 Å². The Hall–Kier alpha value is -3.36. The predicted octanol–water partition coefficient (Wildman–Crippen LogP) is 1.01. The maximum absolute atomic E-state index is 12.3. The lowest BCUT2D eigenvalue weighted by atomic mass is 10.1. The molecule has 3 heterocycles. The van der Waals surface area contributed by atoms with Crippen molar-refractivity contribution < 1.29 is 14.7 Å². The Balaban J connectivity index is 2.02. The Bertz CT molecular complexity index is 933. The van der Waals surface area contributed by atoms with Gasteiger partial charge in [-0.2, -0.15) is 5.10 Å². The van der Waals surface area contributed by atoms with Crippen LogP contribution < -0.4 is 5.43 Å². The number of nitrogens with zero attached hydrogens (tertiary/aromatic N) is 5. The molecule has 9 heteroatoms. The van der Waals surface area contributed by atoms with E-state index in [4.69, 9.17) is 0 Å². The molecule has 0 radical (unpaired) electrons. The van der Waals surface area contributed by atoms with Gasteiger partial charge in [0.1, 0.15) is 0 Å². The number of aromatic nitrogens is 5. The Kier molecular flexibility index (Phi) is 3.68. The van der Waals surface area contributed by atoms with E-state index in [9.17, 15) is 14.7 Å². The van der Waals surface area contributed by atoms with Crippen molar-refractivity contribution in [3.05, 3.63) is 47.9 Å². The summed E-state index contributed by atoms with van der Waals surface area (Å²) < 4.78 is 4.36. The lowest BCUT2D eigenvalue weighted by molar-refractivity contribution is 0.0686. The van der Waals surface area contributed by atoms with E-state index in [1.807, 2.05) is 0 Å². The summed E-state index contributed by atoms with van der Waals surface area (Å²) in [5.41, 5.74) is 4.30. The second kappa shape index (κ2) is 5.69. The first-order chi connectivity index (χ1) is 11.4. The molecule has 0 atom stereocenters. The third kappa shape index (κ3) is 2.56. The molecule has 0 aliphatic rings. The van der Waals surface area contributed by atoms with Gasteiger partial charge in [0.15, 0.2) is 11.5 Å². The molecule has 0 spiro atoms. The highest BCUT2D eigenvalue weighted by atomic mass is 16.4. The second-order valence-corrected chi connectivity index (χ2v) is 5.37. The molecule has 9 nitrogen and oxygen atoms in total. The summed E-state index contributed by atoms with van der Waals surface area (Å²) in [5.74, 6) is -1.47. The average molecular weight is 328 g/mol. The molecule has 124 valence electrons. The van der Waals surface area contributed by atoms with Crippen LogP contribution in [0.4, 0.5) is 0 Å². The zero-order valence-corrected chi connectivity index (χ0v) is 13.4. The molecule has 2 N–H and O–H groups in total. The van der Waals surface area contributed by atoms with Gasteiger partial charge in [-0.05, 0) is 18.6 Å². The zero-order valence-electron chi connectivity index (χ0n) is 13.4. The number of carbonyl (C=O) groups excluding carboxylic acids is 1. The highest BCUT2D eigenvalue weighted by Crippen LogP contribution is 2.26. The number of aromatic carboxylic acids is 1. The summed E-state index contributed by atoms with van der Waals surface area (Å²) in [7, 11) is 3.46. The summed E-state index contributed by atoms with van der Waals surface area (Å²) in [6.07, 6.45) is 6.43. The normalized spacial score (nSPS) is 10.8. The maximum atomic E-state index is 12.3. The van der Waals surface area contributed by atoms with Crippen molar-refractivity contribution in [2.75, 3.05) is 5.43 Å². The van der Waals surface area contributed by atoms with Crippen molar-refractivity contribution >= 4 is 11.9 Å². The van der Waals surface area contributed by atoms with Crippen LogP contribution in [0.5, 0.6) is 0 Å². The van der Waals surface area contributed by atoms with Crippen molar-refractivity contribution in [3.8, 4) is 11.3 Å². The van der Waals surface area contributed by atoms with Crippen molar-refractivity contribution in [1.82, 2.24) is 24.0 Å². The fourth-order valence-electron chi connectivity index (χ4n) is 2.51. The molecule has 0 aromatic carbocycles. The van der Waals surface area contributed by atoms with Gasteiger partial charge in [0.2, 0.25) is 0 Å². The minimum absolute atomic E-state index is 0.0294. The van der Waals surface area contributed by atoms with Gasteiger partial charge in [0.05, 0.1) is 5.69 Å². The molecule has 0 bridgehead atoms. The molecule has 0 aliphatic carbocycles. The van der Waals surface area contributed by atoms with E-state index in [-0.39, 0.29) is 11.5 Å². The van der Waals surface area contributed by atoms with Crippen molar-refractivity contribution in [2.45, 2.75) is 6.92 Å². The molecule has 0 fully saturated rings. The summed E-state index contributed by atoms with van der Waals surface area (Å²) in [6, 6.07) is 1.78. The van der Waals surface area contributed by atoms with E-state index in [1.54, 1.807) is 54.9 Å². The van der Waals surface area contributed by atoms with Gasteiger partial charge < -0.3 is 9.67 Å². The van der Waals surface area contributed by atoms with E-state index in [2.05, 4.69) is 15.5 Å². The number of hydrogen-bond donors (Lipinski definition) is 2. The van der Waals surface area contributed by atoms with Gasteiger partial charge in [-0.1, -0.05) is 0 Å². The lowest BCUT2D eigenvalue weighted by Crippen LogP contribution is -2.27. The fourth-order valence-corrected chi connectivity index (χ4v) is 2.51. The van der Waals surface area contributed by atoms with E-state index in [0.717, 1.165) is 0 Å². The summed E-state index contributed by atoms with van der Waals surface area (Å²) in [5, 5.41) is 13.8. The SMILES string of the molecule is Cc1c(-c2ccn(C)n2)cn(NC(=O)c2nccn2C)c1C(=O)O. The van der Waals surface area contributed by atoms with Crippen LogP contribution in [0, 0.1) is 6.92 Å². The number of rotatable bonds is 4. The van der Waals surface area contributed by atoms with Crippen LogP contribution in [0.1, 0.15) is 26.7 Å². The van der Waals surface area contributed by atoms with Gasteiger partial charge in [-0.3, -0.25) is 19.6 Å². The first-order valence-corrected chi connectivity index (χ1v) is 7.12. The Morgan fingerprint density at radius 2 is 2.00 bits per heavy atom. The molecule has 0 aliphatic heterocycles. The number of hydrogen-bond acceptors (Lipinski definition) is 4. The van der Waals surface area contributed by atoms with E-state index >= 15 is 0 Å². The summed E-state index contributed by atoms with van der Waals surface area (Å²) in [4.78, 5) is 27.9. The molecule has 1 amide bonds. The monoisotopic (exact) mass is 328 g/mol. The standard InChI is InChI=1S/C15H16N6O3/c1-9-10(11-4-6-20(3)17-11)8-21(12(9)15(23)24)18-14(22)13-16-5-7-19(13)2/h4-8H,1-3H3,(H,18,22)(H,23,24). The second-order valence-electron chi connectivity index (χ2n) is 5.37. The van der Waals surface area contributed by atoms with Crippen LogP contribution in [0.25, 0.3) is 11.3 Å². The number of carboxylic acids is 1. The van der Waals surface area contributed by atoms with Gasteiger partial charge >= 0.3 is 11.9 Å². The van der Waals surface area contributed by atoms with Crippen molar-refractivity contribution in [3.63, 3.8) is 0 Å². The van der Waals surface area contributed by atoms with Crippen LogP contribution in [0.15, 0.2) is 30.9 Å². The van der Waals surface area contributed by atoms with Crippen LogP contribution in [-0.4, -0.2) is 41.0 Å². The first-order valence-electron chi connectivity index (χ1n) is 7.12. The molecule has 0 saturated carbocycles. The van der Waals surface area contributed by atoms with E-state index in [1.165, 1.54) is 10.9 Å². The number of carbonyl (C=O) groups is 2. The Labute approximate surface area is 137 Å². The minimum Gasteiger partial charge on any atom is -0.477 e. The smallest absolute Gasteiger partial charge is 0.354 e. The molecule has 3 rings (SSSR count). The first kappa shape index (κ1) is 15.5. The van der Waals surface area contributed by atoms with Gasteiger partial charge in [-0.25, -0.2) is 9.78 Å². The zero-order chi connectivity index (χ0) is 17.4. The molecule has 24 heavy (non-hydrogen) atoms. The minimum atomic E-state index is -1.14. The number of aryl methyl sites for hydroxylation is 2. The topological polar surface area (TPSA) is 107 Å². The van der Waals surface area contributed by atoms with Crippen LogP contribution in [0.3, 0.4) is 0 Å². The van der Waals surface area contributed by atoms with Crippen LogP contribution >= 0.6 is 0 Å². The summed E-state index contributed by atoms with van der Waals surface area (Å²) >= 11 is 0. The number of amides is 1. The number of nitrogens with one attached hydrogen (secondary N) is 1. The van der Waals surface area contributed by atoms with Crippen molar-refractivity contribution in [1.29, 1.82) is 0 Å². The molecule has 3 aromatic heterocycles. The van der Waals surface area contributed by atoms with Crippen molar-refractivity contribution in [2.24, 2.45) is 14.1 Å². The molecule has 0 unspecified atom stereocenters. The summed E-state index contributed by atoms with van der Waals surface area (Å²) in [6.45, 7) is 1.68. The molecular weight excluding hydrogens is 312 g/mol. The number of carboxylic acid groups (broad SMARTS) is 1. The van der Waals surface area contributed by atoms with E-state index < -0.39 is 11.9 Å². The van der Waals surface area contributed by atoms with Gasteiger partial charge in [0.25, 0.3) is 0 Å². The average Bonchev–Trinajstić information content (AvgIpc) is 3.18. The highest BCUT2D eigenvalue weighted by molar-refractivity contribution is 5.98. The Morgan fingerprint density at radius 1 is 1.25 bits per heavy atom. The lowest BCUT2D eigenvalue weighted by Gasteiger charge is -2.08. The third-order valence-corrected chi connectivity index (χ3v) is 3.70. The van der Waals surface area contributed by atoms with Crippen LogP contribution in [-0.2, 0) is 14.1 Å².